The summed E-state index contributed by atoms with van der Waals surface area (Å²) in [6.45, 7) is 6.09. The third kappa shape index (κ3) is 3.98. The van der Waals surface area contributed by atoms with E-state index in [2.05, 4.69) is 15.2 Å². The van der Waals surface area contributed by atoms with Crippen LogP contribution < -0.4 is 19.7 Å². The summed E-state index contributed by atoms with van der Waals surface area (Å²) < 4.78 is 16.5. The molecule has 0 aliphatic carbocycles. The molecule has 1 fully saturated rings. The van der Waals surface area contributed by atoms with Crippen molar-refractivity contribution < 1.29 is 19.0 Å². The maximum absolute atomic E-state index is 12.6. The van der Waals surface area contributed by atoms with Crippen molar-refractivity contribution in [1.29, 1.82) is 0 Å². The predicted molar refractivity (Wildman–Crippen MR) is 101 cm³/mol. The fraction of sp³-hybridized carbons (Fsp3) is 0.400. The van der Waals surface area contributed by atoms with E-state index in [9.17, 15) is 4.79 Å². The zero-order chi connectivity index (χ0) is 18.6. The first-order chi connectivity index (χ1) is 13.2. The first-order valence-electron chi connectivity index (χ1n) is 9.20. The number of carbonyl (C=O) groups is 1. The fourth-order valence-corrected chi connectivity index (χ4v) is 3.19. The van der Waals surface area contributed by atoms with E-state index >= 15 is 0 Å². The van der Waals surface area contributed by atoms with Gasteiger partial charge in [0, 0.05) is 19.3 Å². The summed E-state index contributed by atoms with van der Waals surface area (Å²) in [5, 5.41) is 3.01. The summed E-state index contributed by atoms with van der Waals surface area (Å²) in [7, 11) is 0. The molecule has 4 rings (SSSR count). The van der Waals surface area contributed by atoms with Gasteiger partial charge in [-0.15, -0.1) is 0 Å². The molecule has 0 saturated carbocycles. The standard InChI is InChI=1S/C20H23N3O4/c1-14(15-2-4-17-18(12-15)27-11-10-26-17)22-20(24)16-3-5-19(21-13-16)23-6-8-25-9-7-23/h2-5,12-14H,6-11H2,1H3,(H,22,24). The highest BCUT2D eigenvalue weighted by atomic mass is 16.6. The number of rotatable bonds is 4. The van der Waals surface area contributed by atoms with Crippen molar-refractivity contribution in [2.24, 2.45) is 0 Å². The Balaban J connectivity index is 1.40. The van der Waals surface area contributed by atoms with Gasteiger partial charge in [0.1, 0.15) is 19.0 Å². The van der Waals surface area contributed by atoms with Crippen LogP contribution in [0, 0.1) is 0 Å². The lowest BCUT2D eigenvalue weighted by molar-refractivity contribution is 0.0939. The van der Waals surface area contributed by atoms with Crippen LogP contribution in [0.5, 0.6) is 11.5 Å². The maximum atomic E-state index is 12.6. The lowest BCUT2D eigenvalue weighted by Gasteiger charge is -2.27. The molecule has 1 aromatic heterocycles. The minimum atomic E-state index is -0.160. The van der Waals surface area contributed by atoms with Crippen LogP contribution in [-0.2, 0) is 4.74 Å². The van der Waals surface area contributed by atoms with Crippen molar-refractivity contribution >= 4 is 11.7 Å². The van der Waals surface area contributed by atoms with E-state index in [-0.39, 0.29) is 11.9 Å². The number of aromatic nitrogens is 1. The average molecular weight is 369 g/mol. The minimum absolute atomic E-state index is 0.154. The van der Waals surface area contributed by atoms with Crippen molar-refractivity contribution in [1.82, 2.24) is 10.3 Å². The van der Waals surface area contributed by atoms with E-state index in [1.165, 1.54) is 0 Å². The molecule has 7 heteroatoms. The number of morpholine rings is 1. The smallest absolute Gasteiger partial charge is 0.253 e. The number of benzene rings is 1. The van der Waals surface area contributed by atoms with Gasteiger partial charge in [-0.25, -0.2) is 4.98 Å². The van der Waals surface area contributed by atoms with Gasteiger partial charge >= 0.3 is 0 Å². The molecular formula is C20H23N3O4. The van der Waals surface area contributed by atoms with Crippen LogP contribution in [0.15, 0.2) is 36.5 Å². The zero-order valence-electron chi connectivity index (χ0n) is 15.3. The third-order valence-electron chi connectivity index (χ3n) is 4.76. The number of carbonyl (C=O) groups excluding carboxylic acids is 1. The Morgan fingerprint density at radius 3 is 2.59 bits per heavy atom. The number of pyridine rings is 1. The van der Waals surface area contributed by atoms with Gasteiger partial charge in [0.15, 0.2) is 11.5 Å². The van der Waals surface area contributed by atoms with Gasteiger partial charge in [-0.1, -0.05) is 6.07 Å². The summed E-state index contributed by atoms with van der Waals surface area (Å²) in [5.41, 5.74) is 1.50. The number of ether oxygens (including phenoxy) is 3. The monoisotopic (exact) mass is 369 g/mol. The van der Waals surface area contributed by atoms with Crippen LogP contribution in [0.4, 0.5) is 5.82 Å². The average Bonchev–Trinajstić information content (AvgIpc) is 2.74. The molecule has 27 heavy (non-hydrogen) atoms. The van der Waals surface area contributed by atoms with Crippen molar-refractivity contribution in [3.63, 3.8) is 0 Å². The molecule has 0 radical (unpaired) electrons. The van der Waals surface area contributed by atoms with Gasteiger partial charge in [0.2, 0.25) is 0 Å². The summed E-state index contributed by atoms with van der Waals surface area (Å²) >= 11 is 0. The summed E-state index contributed by atoms with van der Waals surface area (Å²) in [6, 6.07) is 9.27. The molecule has 1 N–H and O–H groups in total. The van der Waals surface area contributed by atoms with Crippen LogP contribution in [0.1, 0.15) is 28.9 Å². The fourth-order valence-electron chi connectivity index (χ4n) is 3.19. The molecule has 1 aromatic carbocycles. The van der Waals surface area contributed by atoms with E-state index in [1.54, 1.807) is 6.20 Å². The number of hydrogen-bond acceptors (Lipinski definition) is 6. The number of nitrogens with zero attached hydrogens (tertiary/aromatic N) is 2. The van der Waals surface area contributed by atoms with Crippen LogP contribution >= 0.6 is 0 Å². The van der Waals surface area contributed by atoms with E-state index < -0.39 is 0 Å². The highest BCUT2D eigenvalue weighted by Gasteiger charge is 2.17. The SMILES string of the molecule is CC(NC(=O)c1ccc(N2CCOCC2)nc1)c1ccc2c(c1)OCCO2. The van der Waals surface area contributed by atoms with Crippen molar-refractivity contribution in [2.75, 3.05) is 44.4 Å². The highest BCUT2D eigenvalue weighted by Crippen LogP contribution is 2.32. The maximum Gasteiger partial charge on any atom is 0.253 e. The Hall–Kier alpha value is -2.80. The summed E-state index contributed by atoms with van der Waals surface area (Å²) in [4.78, 5) is 19.2. The Morgan fingerprint density at radius 1 is 1.07 bits per heavy atom. The van der Waals surface area contributed by atoms with E-state index in [0.29, 0.717) is 32.0 Å². The molecule has 0 bridgehead atoms. The second kappa shape index (κ2) is 7.84. The minimum Gasteiger partial charge on any atom is -0.486 e. The lowest BCUT2D eigenvalue weighted by atomic mass is 10.1. The predicted octanol–water partition coefficient (Wildman–Crippen LogP) is 2.18. The third-order valence-corrected chi connectivity index (χ3v) is 4.76. The zero-order valence-corrected chi connectivity index (χ0v) is 15.3. The first-order valence-corrected chi connectivity index (χ1v) is 9.20. The van der Waals surface area contributed by atoms with Gasteiger partial charge in [0.25, 0.3) is 5.91 Å². The summed E-state index contributed by atoms with van der Waals surface area (Å²) in [5.74, 6) is 2.18. The molecule has 1 atom stereocenters. The number of nitrogens with one attached hydrogen (secondary N) is 1. The molecule has 2 aromatic rings. The topological polar surface area (TPSA) is 72.9 Å². The second-order valence-corrected chi connectivity index (χ2v) is 6.60. The largest absolute Gasteiger partial charge is 0.486 e. The molecule has 7 nitrogen and oxygen atoms in total. The number of anilines is 1. The number of hydrogen-bond donors (Lipinski definition) is 1. The molecule has 142 valence electrons. The van der Waals surface area contributed by atoms with Crippen LogP contribution in [-0.4, -0.2) is 50.4 Å². The first kappa shape index (κ1) is 17.6. The molecule has 2 aliphatic rings. The normalized spacial score (nSPS) is 17.3. The molecule has 1 amide bonds. The Morgan fingerprint density at radius 2 is 1.85 bits per heavy atom. The van der Waals surface area contributed by atoms with Gasteiger partial charge in [-0.05, 0) is 36.8 Å². The van der Waals surface area contributed by atoms with Crippen LogP contribution in [0.25, 0.3) is 0 Å². The van der Waals surface area contributed by atoms with Crippen molar-refractivity contribution in [3.05, 3.63) is 47.7 Å². The second-order valence-electron chi connectivity index (χ2n) is 6.60. The Labute approximate surface area is 158 Å². The Bertz CT molecular complexity index is 803. The quantitative estimate of drug-likeness (QED) is 0.891. The molecule has 0 spiro atoms. The molecular weight excluding hydrogens is 346 g/mol. The Kier molecular flexibility index (Phi) is 5.11. The molecule has 1 unspecified atom stereocenters. The summed E-state index contributed by atoms with van der Waals surface area (Å²) in [6.07, 6.45) is 1.62. The van der Waals surface area contributed by atoms with E-state index in [4.69, 9.17) is 14.2 Å². The highest BCUT2D eigenvalue weighted by molar-refractivity contribution is 5.94. The van der Waals surface area contributed by atoms with Gasteiger partial charge in [-0.3, -0.25) is 4.79 Å². The molecule has 3 heterocycles. The molecule has 2 aliphatic heterocycles. The number of fused-ring (bicyclic) bond motifs is 1. The van der Waals surface area contributed by atoms with Gasteiger partial charge < -0.3 is 24.4 Å². The molecule has 1 saturated heterocycles. The van der Waals surface area contributed by atoms with Gasteiger partial charge in [-0.2, -0.15) is 0 Å². The van der Waals surface area contributed by atoms with Gasteiger partial charge in [0.05, 0.1) is 24.8 Å². The van der Waals surface area contributed by atoms with Crippen LogP contribution in [0.3, 0.4) is 0 Å². The van der Waals surface area contributed by atoms with Crippen molar-refractivity contribution in [2.45, 2.75) is 13.0 Å². The van der Waals surface area contributed by atoms with Crippen molar-refractivity contribution in [3.8, 4) is 11.5 Å². The number of amides is 1. The lowest BCUT2D eigenvalue weighted by Crippen LogP contribution is -2.36. The van der Waals surface area contributed by atoms with Crippen LogP contribution in [0.2, 0.25) is 0 Å². The van der Waals surface area contributed by atoms with E-state index in [0.717, 1.165) is 36.0 Å². The van der Waals surface area contributed by atoms with E-state index in [1.807, 2.05) is 37.3 Å².